The minimum atomic E-state index is -0.00893. The Hall–Kier alpha value is -2.14. The summed E-state index contributed by atoms with van der Waals surface area (Å²) in [5, 5.41) is 0. The van der Waals surface area contributed by atoms with Crippen molar-refractivity contribution >= 4 is 27.4 Å². The molecule has 0 unspecified atom stereocenters. The Labute approximate surface area is 142 Å². The highest BCUT2D eigenvalue weighted by Crippen LogP contribution is 2.29. The lowest BCUT2D eigenvalue weighted by molar-refractivity contribution is 0.838. The second-order valence-corrected chi connectivity index (χ2v) is 6.90. The minimum absolute atomic E-state index is 0.00893. The van der Waals surface area contributed by atoms with Crippen molar-refractivity contribution < 1.29 is 0 Å². The number of hydrogen-bond acceptors (Lipinski definition) is 3. The van der Waals surface area contributed by atoms with Gasteiger partial charge in [-0.2, -0.15) is 0 Å². The van der Waals surface area contributed by atoms with Crippen molar-refractivity contribution in [3.63, 3.8) is 0 Å². The van der Waals surface area contributed by atoms with Crippen LogP contribution in [0, 0.1) is 13.8 Å². The van der Waals surface area contributed by atoms with E-state index in [1.165, 1.54) is 11.1 Å². The van der Waals surface area contributed by atoms with Crippen LogP contribution in [0.1, 0.15) is 22.3 Å². The Morgan fingerprint density at radius 3 is 2.43 bits per heavy atom. The van der Waals surface area contributed by atoms with E-state index in [9.17, 15) is 4.79 Å². The summed E-state index contributed by atoms with van der Waals surface area (Å²) in [6.45, 7) is 5.42. The maximum atomic E-state index is 12.8. The zero-order chi connectivity index (χ0) is 16.1. The van der Waals surface area contributed by atoms with Gasteiger partial charge in [0, 0.05) is 19.3 Å². The average Bonchev–Trinajstić information content (AvgIpc) is 2.95. The molecule has 0 radical (unpaired) electrons. The molecule has 3 heterocycles. The molecule has 3 aromatic rings. The zero-order valence-electron chi connectivity index (χ0n) is 13.0. The Kier molecular flexibility index (Phi) is 3.27. The second-order valence-electron chi connectivity index (χ2n) is 6.05. The van der Waals surface area contributed by atoms with Crippen LogP contribution in [0.15, 0.2) is 45.8 Å². The number of nitrogens with zero attached hydrogens (tertiary/aromatic N) is 3. The first-order chi connectivity index (χ1) is 11.0. The van der Waals surface area contributed by atoms with E-state index in [2.05, 4.69) is 45.1 Å². The summed E-state index contributed by atoms with van der Waals surface area (Å²) in [5.74, 6) is 0.774. The first-order valence-corrected chi connectivity index (χ1v) is 8.35. The van der Waals surface area contributed by atoms with E-state index in [-0.39, 0.29) is 5.56 Å². The molecule has 0 amide bonds. The fourth-order valence-corrected chi connectivity index (χ4v) is 3.84. The normalized spacial score (nSPS) is 13.6. The summed E-state index contributed by atoms with van der Waals surface area (Å²) in [7, 11) is 0. The van der Waals surface area contributed by atoms with Crippen molar-refractivity contribution in [2.75, 3.05) is 4.90 Å². The van der Waals surface area contributed by atoms with Crippen LogP contribution < -0.4 is 10.5 Å². The topological polar surface area (TPSA) is 37.6 Å². The zero-order valence-corrected chi connectivity index (χ0v) is 14.6. The van der Waals surface area contributed by atoms with Crippen LogP contribution in [-0.2, 0) is 13.1 Å². The molecule has 1 aromatic carbocycles. The van der Waals surface area contributed by atoms with Crippen molar-refractivity contribution in [3.05, 3.63) is 73.6 Å². The van der Waals surface area contributed by atoms with Crippen LogP contribution in [0.5, 0.6) is 0 Å². The molecule has 23 heavy (non-hydrogen) atoms. The van der Waals surface area contributed by atoms with Crippen molar-refractivity contribution in [1.82, 2.24) is 9.38 Å². The first-order valence-electron chi connectivity index (χ1n) is 7.55. The largest absolute Gasteiger partial charge is 0.347 e. The monoisotopic (exact) mass is 369 g/mol. The maximum absolute atomic E-state index is 12.8. The number of rotatable bonds is 1. The Morgan fingerprint density at radius 1 is 1.13 bits per heavy atom. The highest BCUT2D eigenvalue weighted by Gasteiger charge is 2.23. The first kappa shape index (κ1) is 14.5. The van der Waals surface area contributed by atoms with Gasteiger partial charge in [-0.3, -0.25) is 9.20 Å². The number of fused-ring (bicyclic) bond motifs is 2. The van der Waals surface area contributed by atoms with Gasteiger partial charge in [-0.25, -0.2) is 4.98 Å². The summed E-state index contributed by atoms with van der Waals surface area (Å²) in [5.41, 5.74) is 4.97. The van der Waals surface area contributed by atoms with Crippen molar-refractivity contribution in [1.29, 1.82) is 0 Å². The average molecular weight is 370 g/mol. The lowest BCUT2D eigenvalue weighted by Gasteiger charge is -2.19. The molecule has 0 N–H and O–H groups in total. The van der Waals surface area contributed by atoms with Gasteiger partial charge in [0.25, 0.3) is 5.56 Å². The molecule has 0 spiro atoms. The molecule has 2 aromatic heterocycles. The molecule has 0 bridgehead atoms. The lowest BCUT2D eigenvalue weighted by Crippen LogP contribution is -2.25. The van der Waals surface area contributed by atoms with E-state index < -0.39 is 0 Å². The van der Waals surface area contributed by atoms with E-state index in [4.69, 9.17) is 4.98 Å². The summed E-state index contributed by atoms with van der Waals surface area (Å²) in [6, 6.07) is 10.4. The van der Waals surface area contributed by atoms with Gasteiger partial charge < -0.3 is 4.90 Å². The molecule has 4 nitrogen and oxygen atoms in total. The second kappa shape index (κ2) is 5.20. The van der Waals surface area contributed by atoms with Crippen LogP contribution in [0.4, 0.5) is 5.82 Å². The van der Waals surface area contributed by atoms with Crippen molar-refractivity contribution in [2.24, 2.45) is 0 Å². The van der Waals surface area contributed by atoms with Crippen molar-refractivity contribution in [3.8, 4) is 0 Å². The molecule has 1 aliphatic heterocycles. The fourth-order valence-electron chi connectivity index (χ4n) is 3.19. The Morgan fingerprint density at radius 2 is 1.78 bits per heavy atom. The Balaban J connectivity index is 1.89. The maximum Gasteiger partial charge on any atom is 0.262 e. The van der Waals surface area contributed by atoms with Gasteiger partial charge in [0.1, 0.15) is 5.82 Å². The van der Waals surface area contributed by atoms with Gasteiger partial charge in [0.05, 0.1) is 10.0 Å². The highest BCUT2D eigenvalue weighted by atomic mass is 79.9. The molecule has 5 heteroatoms. The van der Waals surface area contributed by atoms with Gasteiger partial charge in [-0.1, -0.05) is 24.3 Å². The van der Waals surface area contributed by atoms with Gasteiger partial charge in [-0.15, -0.1) is 0 Å². The molecule has 0 saturated heterocycles. The highest BCUT2D eigenvalue weighted by molar-refractivity contribution is 9.10. The van der Waals surface area contributed by atoms with E-state index in [1.807, 2.05) is 26.1 Å². The predicted octanol–water partition coefficient (Wildman–Crippen LogP) is 3.59. The molecule has 116 valence electrons. The quantitative estimate of drug-likeness (QED) is 0.657. The van der Waals surface area contributed by atoms with Crippen molar-refractivity contribution in [2.45, 2.75) is 26.9 Å². The third-order valence-electron chi connectivity index (χ3n) is 4.36. The lowest BCUT2D eigenvalue weighted by atomic mass is 10.1. The van der Waals surface area contributed by atoms with Crippen LogP contribution in [0.2, 0.25) is 0 Å². The summed E-state index contributed by atoms with van der Waals surface area (Å²) >= 11 is 3.54. The number of hydrogen-bond donors (Lipinski definition) is 0. The number of benzene rings is 1. The molecular formula is C18H16BrN3O. The summed E-state index contributed by atoms with van der Waals surface area (Å²) < 4.78 is 2.47. The van der Waals surface area contributed by atoms with Crippen LogP contribution >= 0.6 is 15.9 Å². The van der Waals surface area contributed by atoms with Gasteiger partial charge in [0.15, 0.2) is 5.65 Å². The molecule has 4 rings (SSSR count). The number of pyridine rings is 1. The molecular weight excluding hydrogens is 354 g/mol. The van der Waals surface area contributed by atoms with Gasteiger partial charge >= 0.3 is 0 Å². The smallest absolute Gasteiger partial charge is 0.262 e. The predicted molar refractivity (Wildman–Crippen MR) is 95.0 cm³/mol. The third-order valence-corrected chi connectivity index (χ3v) is 4.94. The summed E-state index contributed by atoms with van der Waals surface area (Å²) in [4.78, 5) is 19.7. The van der Waals surface area contributed by atoms with E-state index >= 15 is 0 Å². The number of halogens is 1. The minimum Gasteiger partial charge on any atom is -0.347 e. The van der Waals surface area contributed by atoms with Crippen LogP contribution in [-0.4, -0.2) is 9.38 Å². The summed E-state index contributed by atoms with van der Waals surface area (Å²) in [6.07, 6.45) is 1.84. The molecule has 0 fully saturated rings. The number of aryl methyl sites for hydroxylation is 1. The fraction of sp³-hybridized carbons (Fsp3) is 0.222. The van der Waals surface area contributed by atoms with Gasteiger partial charge in [-0.05, 0) is 52.5 Å². The molecule has 0 atom stereocenters. The SMILES string of the molecule is Cc1cc(Br)c2nc(N3Cc4ccccc4C3)c(C)c(=O)n2c1. The van der Waals surface area contributed by atoms with Crippen LogP contribution in [0.25, 0.3) is 5.65 Å². The third kappa shape index (κ3) is 2.27. The van der Waals surface area contributed by atoms with E-state index in [0.29, 0.717) is 11.2 Å². The number of anilines is 1. The molecule has 0 aliphatic carbocycles. The standard InChI is InChI=1S/C18H16BrN3O/c1-11-7-15(19)17-20-16(12(2)18(23)22(17)8-11)21-9-13-5-3-4-6-14(13)10-21/h3-8H,9-10H2,1-2H3. The van der Waals surface area contributed by atoms with Crippen LogP contribution in [0.3, 0.4) is 0 Å². The van der Waals surface area contributed by atoms with Gasteiger partial charge in [0.2, 0.25) is 0 Å². The Bertz CT molecular complexity index is 968. The van der Waals surface area contributed by atoms with E-state index in [1.54, 1.807) is 4.40 Å². The number of aromatic nitrogens is 2. The van der Waals surface area contributed by atoms with E-state index in [0.717, 1.165) is 28.9 Å². The molecule has 1 aliphatic rings. The molecule has 0 saturated carbocycles.